The van der Waals surface area contributed by atoms with Crippen molar-refractivity contribution in [3.05, 3.63) is 47.3 Å². The van der Waals surface area contributed by atoms with Crippen LogP contribution in [0.1, 0.15) is 54.3 Å². The van der Waals surface area contributed by atoms with Gasteiger partial charge in [0.1, 0.15) is 5.75 Å². The number of fused-ring (bicyclic) bond motifs is 1. The minimum Gasteiger partial charge on any atom is -0.497 e. The van der Waals surface area contributed by atoms with E-state index in [1.807, 2.05) is 28.9 Å². The number of aryl methyl sites for hydroxylation is 2. The molecule has 1 aromatic heterocycles. The van der Waals surface area contributed by atoms with E-state index in [1.54, 1.807) is 7.11 Å². The van der Waals surface area contributed by atoms with Crippen LogP contribution in [0.25, 0.3) is 0 Å². The first kappa shape index (κ1) is 18.8. The molecule has 2 heterocycles. The molecule has 0 bridgehead atoms. The van der Waals surface area contributed by atoms with E-state index in [9.17, 15) is 4.79 Å². The van der Waals surface area contributed by atoms with Crippen molar-refractivity contribution < 1.29 is 9.53 Å². The number of ether oxygens (including phenoxy) is 1. The molecule has 1 aromatic carbocycles. The summed E-state index contributed by atoms with van der Waals surface area (Å²) in [5.41, 5.74) is 4.00. The number of nitrogens with zero attached hydrogens (tertiary/aromatic N) is 3. The number of aromatic nitrogens is 2. The Labute approximate surface area is 166 Å². The third kappa shape index (κ3) is 3.86. The summed E-state index contributed by atoms with van der Waals surface area (Å²) in [6.07, 6.45) is 7.24. The standard InChI is InChI=1S/C22H30N4O2/c1-25-21(8-11-24-25)16-9-12-26(13-10-16)22(27)23-15-18-5-3-4-17-14-19(28-2)6-7-20(17)18/h6-8,11,14,16,18H,3-5,9-10,12-13,15H2,1-2H3,(H,23,27)/t18-/m1/s1. The van der Waals surface area contributed by atoms with Crippen LogP contribution in [-0.2, 0) is 13.5 Å². The number of nitrogens with one attached hydrogen (secondary N) is 1. The van der Waals surface area contributed by atoms with Gasteiger partial charge in [-0.05, 0) is 61.4 Å². The van der Waals surface area contributed by atoms with E-state index in [2.05, 4.69) is 28.6 Å². The Morgan fingerprint density at radius 3 is 2.79 bits per heavy atom. The van der Waals surface area contributed by atoms with E-state index in [-0.39, 0.29) is 6.03 Å². The molecule has 1 saturated heterocycles. The van der Waals surface area contributed by atoms with Gasteiger partial charge in [0.25, 0.3) is 0 Å². The summed E-state index contributed by atoms with van der Waals surface area (Å²) < 4.78 is 7.31. The number of amides is 2. The van der Waals surface area contributed by atoms with E-state index >= 15 is 0 Å². The van der Waals surface area contributed by atoms with Crippen molar-refractivity contribution in [2.75, 3.05) is 26.7 Å². The zero-order chi connectivity index (χ0) is 19.5. The van der Waals surface area contributed by atoms with Crippen LogP contribution in [0.2, 0.25) is 0 Å². The van der Waals surface area contributed by atoms with Gasteiger partial charge in [0.15, 0.2) is 0 Å². The van der Waals surface area contributed by atoms with Gasteiger partial charge in [0.2, 0.25) is 0 Å². The normalized spacial score (nSPS) is 19.9. The molecule has 1 fully saturated rings. The molecule has 0 radical (unpaired) electrons. The number of urea groups is 1. The van der Waals surface area contributed by atoms with Gasteiger partial charge in [0, 0.05) is 50.4 Å². The molecule has 1 atom stereocenters. The molecule has 2 aliphatic rings. The number of likely N-dealkylation sites (tertiary alicyclic amines) is 1. The second kappa shape index (κ2) is 8.25. The number of methoxy groups -OCH3 is 1. The highest BCUT2D eigenvalue weighted by Gasteiger charge is 2.26. The van der Waals surface area contributed by atoms with Crippen molar-refractivity contribution in [3.63, 3.8) is 0 Å². The maximum absolute atomic E-state index is 12.7. The fourth-order valence-corrected chi connectivity index (χ4v) is 4.72. The molecule has 2 aromatic rings. The first-order chi connectivity index (χ1) is 13.7. The molecule has 0 unspecified atom stereocenters. The zero-order valence-electron chi connectivity index (χ0n) is 16.9. The van der Waals surface area contributed by atoms with Crippen molar-refractivity contribution >= 4 is 6.03 Å². The van der Waals surface area contributed by atoms with E-state index < -0.39 is 0 Å². The predicted molar refractivity (Wildman–Crippen MR) is 109 cm³/mol. The molecular formula is C22H30N4O2. The third-order valence-electron chi connectivity index (χ3n) is 6.35. The van der Waals surface area contributed by atoms with Crippen LogP contribution >= 0.6 is 0 Å². The van der Waals surface area contributed by atoms with Gasteiger partial charge in [-0.2, -0.15) is 5.10 Å². The Kier molecular flexibility index (Phi) is 5.55. The van der Waals surface area contributed by atoms with Crippen molar-refractivity contribution in [1.82, 2.24) is 20.0 Å². The summed E-state index contributed by atoms with van der Waals surface area (Å²) in [6, 6.07) is 8.51. The van der Waals surface area contributed by atoms with Crippen molar-refractivity contribution in [3.8, 4) is 5.75 Å². The zero-order valence-corrected chi connectivity index (χ0v) is 16.9. The summed E-state index contributed by atoms with van der Waals surface area (Å²) in [6.45, 7) is 2.32. The van der Waals surface area contributed by atoms with E-state index in [0.29, 0.717) is 18.4 Å². The topological polar surface area (TPSA) is 59.4 Å². The SMILES string of the molecule is COc1ccc2c(c1)CCC[C@@H]2CNC(=O)N1CCC(c2ccnn2C)CC1. The Hall–Kier alpha value is -2.50. The average Bonchev–Trinajstić information content (AvgIpc) is 3.17. The smallest absolute Gasteiger partial charge is 0.317 e. The number of piperidine rings is 1. The third-order valence-corrected chi connectivity index (χ3v) is 6.35. The molecule has 2 amide bonds. The Morgan fingerprint density at radius 2 is 2.07 bits per heavy atom. The van der Waals surface area contributed by atoms with Gasteiger partial charge < -0.3 is 15.0 Å². The first-order valence-corrected chi connectivity index (χ1v) is 10.3. The highest BCUT2D eigenvalue weighted by molar-refractivity contribution is 5.74. The number of carbonyl (C=O) groups excluding carboxylic acids is 1. The molecule has 28 heavy (non-hydrogen) atoms. The van der Waals surface area contributed by atoms with Crippen LogP contribution in [-0.4, -0.2) is 47.5 Å². The highest BCUT2D eigenvalue weighted by Crippen LogP contribution is 2.33. The molecule has 150 valence electrons. The van der Waals surface area contributed by atoms with E-state index in [4.69, 9.17) is 4.74 Å². The van der Waals surface area contributed by atoms with Gasteiger partial charge in [0.05, 0.1) is 7.11 Å². The van der Waals surface area contributed by atoms with E-state index in [0.717, 1.165) is 50.9 Å². The Morgan fingerprint density at radius 1 is 1.25 bits per heavy atom. The molecule has 0 saturated carbocycles. The van der Waals surface area contributed by atoms with Crippen LogP contribution in [0.3, 0.4) is 0 Å². The molecule has 0 spiro atoms. The lowest BCUT2D eigenvalue weighted by Crippen LogP contribution is -2.45. The summed E-state index contributed by atoms with van der Waals surface area (Å²) in [5.74, 6) is 1.81. The number of rotatable bonds is 4. The lowest BCUT2D eigenvalue weighted by Gasteiger charge is -2.33. The predicted octanol–water partition coefficient (Wildman–Crippen LogP) is 3.44. The fraction of sp³-hybridized carbons (Fsp3) is 0.545. The maximum Gasteiger partial charge on any atom is 0.317 e. The van der Waals surface area contributed by atoms with Crippen LogP contribution in [0, 0.1) is 0 Å². The Balaban J connectivity index is 1.30. The Bertz CT molecular complexity index is 824. The average molecular weight is 383 g/mol. The molecule has 1 aliphatic heterocycles. The summed E-state index contributed by atoms with van der Waals surface area (Å²) >= 11 is 0. The molecule has 1 N–H and O–H groups in total. The molecule has 6 heteroatoms. The second-order valence-corrected chi connectivity index (χ2v) is 7.98. The maximum atomic E-state index is 12.7. The quantitative estimate of drug-likeness (QED) is 0.881. The highest BCUT2D eigenvalue weighted by atomic mass is 16.5. The fourth-order valence-electron chi connectivity index (χ4n) is 4.72. The number of hydrogen-bond acceptors (Lipinski definition) is 3. The minimum atomic E-state index is 0.0732. The molecular weight excluding hydrogens is 352 g/mol. The first-order valence-electron chi connectivity index (χ1n) is 10.3. The monoisotopic (exact) mass is 382 g/mol. The second-order valence-electron chi connectivity index (χ2n) is 7.98. The number of hydrogen-bond donors (Lipinski definition) is 1. The van der Waals surface area contributed by atoms with Crippen molar-refractivity contribution in [2.45, 2.75) is 43.9 Å². The molecule has 1 aliphatic carbocycles. The molecule has 6 nitrogen and oxygen atoms in total. The lowest BCUT2D eigenvalue weighted by molar-refractivity contribution is 0.179. The number of benzene rings is 1. The van der Waals surface area contributed by atoms with Gasteiger partial charge >= 0.3 is 6.03 Å². The minimum absolute atomic E-state index is 0.0732. The van der Waals surface area contributed by atoms with Gasteiger partial charge in [-0.3, -0.25) is 4.68 Å². The van der Waals surface area contributed by atoms with Crippen LogP contribution in [0.5, 0.6) is 5.75 Å². The van der Waals surface area contributed by atoms with Gasteiger partial charge in [-0.15, -0.1) is 0 Å². The van der Waals surface area contributed by atoms with Gasteiger partial charge in [-0.25, -0.2) is 4.79 Å². The van der Waals surface area contributed by atoms with Crippen LogP contribution in [0.4, 0.5) is 4.79 Å². The van der Waals surface area contributed by atoms with E-state index in [1.165, 1.54) is 16.8 Å². The van der Waals surface area contributed by atoms with Crippen LogP contribution in [0.15, 0.2) is 30.5 Å². The number of carbonyl (C=O) groups is 1. The largest absolute Gasteiger partial charge is 0.497 e. The lowest BCUT2D eigenvalue weighted by atomic mass is 9.82. The van der Waals surface area contributed by atoms with Crippen LogP contribution < -0.4 is 10.1 Å². The summed E-state index contributed by atoms with van der Waals surface area (Å²) in [5, 5.41) is 7.46. The van der Waals surface area contributed by atoms with Crippen molar-refractivity contribution in [1.29, 1.82) is 0 Å². The van der Waals surface area contributed by atoms with Gasteiger partial charge in [-0.1, -0.05) is 6.07 Å². The van der Waals surface area contributed by atoms with Crippen molar-refractivity contribution in [2.24, 2.45) is 7.05 Å². The summed E-state index contributed by atoms with van der Waals surface area (Å²) in [7, 11) is 3.70. The molecule has 4 rings (SSSR count). The summed E-state index contributed by atoms with van der Waals surface area (Å²) in [4.78, 5) is 14.7.